The first kappa shape index (κ1) is 25.9. The predicted octanol–water partition coefficient (Wildman–Crippen LogP) is 3.45. The number of methoxy groups -OCH3 is 1. The van der Waals surface area contributed by atoms with Gasteiger partial charge in [0.25, 0.3) is 0 Å². The van der Waals surface area contributed by atoms with Crippen LogP contribution in [0.2, 0.25) is 0 Å². The largest absolute Gasteiger partial charge is 0.493 e. The summed E-state index contributed by atoms with van der Waals surface area (Å²) in [7, 11) is 1.63. The number of aliphatic hydroxyl groups is 1. The van der Waals surface area contributed by atoms with Gasteiger partial charge in [-0.2, -0.15) is 0 Å². The van der Waals surface area contributed by atoms with Crippen LogP contribution in [0.25, 0.3) is 0 Å². The van der Waals surface area contributed by atoms with Crippen molar-refractivity contribution in [3.8, 4) is 17.2 Å². The van der Waals surface area contributed by atoms with Gasteiger partial charge in [0.05, 0.1) is 26.9 Å². The second-order valence-electron chi connectivity index (χ2n) is 9.09. The normalized spacial score (nSPS) is 18.6. The van der Waals surface area contributed by atoms with Gasteiger partial charge >= 0.3 is 0 Å². The molecule has 1 aliphatic rings. The summed E-state index contributed by atoms with van der Waals surface area (Å²) in [5, 5.41) is 11.2. The molecule has 0 radical (unpaired) electrons. The van der Waals surface area contributed by atoms with Crippen LogP contribution in [0.1, 0.15) is 17.8 Å². The van der Waals surface area contributed by atoms with Crippen LogP contribution in [0.15, 0.2) is 54.9 Å². The van der Waals surface area contributed by atoms with Crippen LogP contribution in [-0.2, 0) is 17.8 Å². The number of aromatic nitrogens is 2. The molecule has 0 bridgehead atoms. The van der Waals surface area contributed by atoms with Crippen LogP contribution in [-0.4, -0.2) is 71.8 Å². The van der Waals surface area contributed by atoms with Crippen molar-refractivity contribution >= 4 is 0 Å². The highest BCUT2D eigenvalue weighted by molar-refractivity contribution is 5.43. The van der Waals surface area contributed by atoms with E-state index in [4.69, 9.17) is 18.9 Å². The highest BCUT2D eigenvalue weighted by atomic mass is 19.1. The summed E-state index contributed by atoms with van der Waals surface area (Å²) < 4.78 is 38.2. The minimum Gasteiger partial charge on any atom is -0.493 e. The standard InChI is InChI=1S/C27H34FN3O5/c1-21-29-10-12-31(21)11-3-14-35-26-16-22(4-9-25(26)33-2)17-30-13-15-34-19-27(32,18-30)20-36-24-7-5-23(28)6-8-24/h4-10,12,16,32H,3,11,13-15,17-20H2,1-2H3. The summed E-state index contributed by atoms with van der Waals surface area (Å²) in [6.07, 6.45) is 4.61. The molecule has 2 aromatic carbocycles. The van der Waals surface area contributed by atoms with Gasteiger partial charge in [0, 0.05) is 38.6 Å². The molecular weight excluding hydrogens is 465 g/mol. The van der Waals surface area contributed by atoms with Gasteiger partial charge in [-0.3, -0.25) is 4.90 Å². The first-order valence-electron chi connectivity index (χ1n) is 12.1. The number of rotatable bonds is 11. The van der Waals surface area contributed by atoms with E-state index in [0.717, 1.165) is 24.4 Å². The van der Waals surface area contributed by atoms with Crippen molar-refractivity contribution in [3.05, 3.63) is 72.1 Å². The maximum Gasteiger partial charge on any atom is 0.161 e. The molecule has 4 rings (SSSR count). The van der Waals surface area contributed by atoms with Gasteiger partial charge < -0.3 is 28.6 Å². The minimum atomic E-state index is -1.19. The fourth-order valence-electron chi connectivity index (χ4n) is 4.22. The van der Waals surface area contributed by atoms with Gasteiger partial charge in [0.2, 0.25) is 0 Å². The fourth-order valence-corrected chi connectivity index (χ4v) is 4.22. The molecule has 8 nitrogen and oxygen atoms in total. The molecule has 1 atom stereocenters. The highest BCUT2D eigenvalue weighted by Gasteiger charge is 2.33. The van der Waals surface area contributed by atoms with E-state index in [1.54, 1.807) is 25.4 Å². The number of hydrogen-bond donors (Lipinski definition) is 1. The van der Waals surface area contributed by atoms with E-state index in [2.05, 4.69) is 14.5 Å². The van der Waals surface area contributed by atoms with Crippen LogP contribution >= 0.6 is 0 Å². The Labute approximate surface area is 211 Å². The first-order valence-corrected chi connectivity index (χ1v) is 12.1. The van der Waals surface area contributed by atoms with E-state index in [1.807, 2.05) is 31.3 Å². The summed E-state index contributed by atoms with van der Waals surface area (Å²) in [6.45, 7) is 5.74. The quantitative estimate of drug-likeness (QED) is 0.405. The number of β-amino-alcohol motifs (C(OH)–C–C–N with tert-alkyl or cyclic N) is 1. The van der Waals surface area contributed by atoms with Crippen LogP contribution in [0.5, 0.6) is 17.2 Å². The Morgan fingerprint density at radius 2 is 1.97 bits per heavy atom. The molecule has 1 aliphatic heterocycles. The molecule has 1 saturated heterocycles. The number of ether oxygens (including phenoxy) is 4. The molecule has 1 aromatic heterocycles. The Balaban J connectivity index is 1.34. The molecule has 1 fully saturated rings. The number of benzene rings is 2. The Morgan fingerprint density at radius 1 is 1.14 bits per heavy atom. The predicted molar refractivity (Wildman–Crippen MR) is 133 cm³/mol. The van der Waals surface area contributed by atoms with E-state index in [0.29, 0.717) is 50.1 Å². The summed E-state index contributed by atoms with van der Waals surface area (Å²) in [4.78, 5) is 6.38. The van der Waals surface area contributed by atoms with Crippen LogP contribution < -0.4 is 14.2 Å². The summed E-state index contributed by atoms with van der Waals surface area (Å²) in [5.74, 6) is 2.53. The van der Waals surface area contributed by atoms with Crippen molar-refractivity contribution in [2.75, 3.05) is 46.6 Å². The third-order valence-corrected chi connectivity index (χ3v) is 6.12. The second-order valence-corrected chi connectivity index (χ2v) is 9.09. The second kappa shape index (κ2) is 12.2. The molecule has 0 aliphatic carbocycles. The zero-order valence-corrected chi connectivity index (χ0v) is 20.9. The third kappa shape index (κ3) is 7.19. The fraction of sp³-hybridized carbons (Fsp3) is 0.444. The molecule has 36 heavy (non-hydrogen) atoms. The number of nitrogens with zero attached hydrogens (tertiary/aromatic N) is 3. The maximum absolute atomic E-state index is 13.2. The molecule has 1 N–H and O–H groups in total. The molecule has 194 valence electrons. The van der Waals surface area contributed by atoms with Crippen molar-refractivity contribution in [1.82, 2.24) is 14.5 Å². The van der Waals surface area contributed by atoms with E-state index in [9.17, 15) is 9.50 Å². The molecule has 0 spiro atoms. The van der Waals surface area contributed by atoms with Gasteiger partial charge in [-0.15, -0.1) is 0 Å². The average molecular weight is 500 g/mol. The molecule has 0 saturated carbocycles. The van der Waals surface area contributed by atoms with Crippen molar-refractivity contribution < 1.29 is 28.4 Å². The zero-order chi connectivity index (χ0) is 25.4. The van der Waals surface area contributed by atoms with Gasteiger partial charge in [-0.1, -0.05) is 6.07 Å². The Bertz CT molecular complexity index is 1110. The molecular formula is C27H34FN3O5. The Kier molecular flexibility index (Phi) is 8.79. The molecule has 9 heteroatoms. The van der Waals surface area contributed by atoms with Crippen LogP contribution in [0.4, 0.5) is 4.39 Å². The van der Waals surface area contributed by atoms with Gasteiger partial charge in [-0.25, -0.2) is 9.37 Å². The Hall–Kier alpha value is -3.14. The topological polar surface area (TPSA) is 78.2 Å². The summed E-state index contributed by atoms with van der Waals surface area (Å²) in [6, 6.07) is 11.6. The van der Waals surface area contributed by atoms with E-state index < -0.39 is 5.60 Å². The summed E-state index contributed by atoms with van der Waals surface area (Å²) in [5.41, 5.74) is -0.151. The SMILES string of the molecule is COc1ccc(CN2CCOCC(O)(COc3ccc(F)cc3)C2)cc1OCCCn1ccnc1C. The zero-order valence-electron chi connectivity index (χ0n) is 20.9. The maximum atomic E-state index is 13.2. The lowest BCUT2D eigenvalue weighted by molar-refractivity contribution is -0.0646. The monoisotopic (exact) mass is 499 g/mol. The van der Waals surface area contributed by atoms with Gasteiger partial charge in [0.1, 0.15) is 29.6 Å². The molecule has 2 heterocycles. The number of halogens is 1. The minimum absolute atomic E-state index is 0.0441. The smallest absolute Gasteiger partial charge is 0.161 e. The molecule has 3 aromatic rings. The highest BCUT2D eigenvalue weighted by Crippen LogP contribution is 2.29. The van der Waals surface area contributed by atoms with Crippen molar-refractivity contribution in [1.29, 1.82) is 0 Å². The molecule has 1 unspecified atom stereocenters. The van der Waals surface area contributed by atoms with E-state index in [-0.39, 0.29) is 19.0 Å². The van der Waals surface area contributed by atoms with E-state index in [1.165, 1.54) is 12.1 Å². The van der Waals surface area contributed by atoms with Crippen LogP contribution in [0, 0.1) is 12.7 Å². The number of hydrogen-bond acceptors (Lipinski definition) is 7. The number of aryl methyl sites for hydroxylation is 2. The van der Waals surface area contributed by atoms with Crippen molar-refractivity contribution in [3.63, 3.8) is 0 Å². The van der Waals surface area contributed by atoms with Crippen molar-refractivity contribution in [2.45, 2.75) is 32.0 Å². The van der Waals surface area contributed by atoms with Crippen LogP contribution in [0.3, 0.4) is 0 Å². The lowest BCUT2D eigenvalue weighted by Gasteiger charge is -2.30. The lowest BCUT2D eigenvalue weighted by atomic mass is 10.1. The van der Waals surface area contributed by atoms with Gasteiger partial charge in [0.15, 0.2) is 11.5 Å². The Morgan fingerprint density at radius 3 is 2.72 bits per heavy atom. The lowest BCUT2D eigenvalue weighted by Crippen LogP contribution is -2.48. The average Bonchev–Trinajstić information content (AvgIpc) is 3.19. The molecule has 0 amide bonds. The van der Waals surface area contributed by atoms with Gasteiger partial charge in [-0.05, 0) is 55.3 Å². The summed E-state index contributed by atoms with van der Waals surface area (Å²) >= 11 is 0. The number of imidazole rings is 1. The third-order valence-electron chi connectivity index (χ3n) is 6.12. The van der Waals surface area contributed by atoms with Crippen molar-refractivity contribution in [2.24, 2.45) is 0 Å². The van der Waals surface area contributed by atoms with E-state index >= 15 is 0 Å². The first-order chi connectivity index (χ1) is 17.4.